The SMILES string of the molecule is CCOc1cc(/C=C/C(=O)N(C)C(C)C2CC2)ccc1OC. The van der Waals surface area contributed by atoms with Gasteiger partial charge in [-0.15, -0.1) is 0 Å². The van der Waals surface area contributed by atoms with E-state index in [9.17, 15) is 4.79 Å². The molecule has 0 spiro atoms. The van der Waals surface area contributed by atoms with E-state index in [1.807, 2.05) is 43.1 Å². The zero-order valence-electron chi connectivity index (χ0n) is 13.8. The third-order valence-electron chi connectivity index (χ3n) is 4.17. The van der Waals surface area contributed by atoms with Crippen LogP contribution in [0.2, 0.25) is 0 Å². The van der Waals surface area contributed by atoms with E-state index in [1.54, 1.807) is 13.2 Å². The van der Waals surface area contributed by atoms with E-state index < -0.39 is 0 Å². The van der Waals surface area contributed by atoms with Gasteiger partial charge in [0.05, 0.1) is 13.7 Å². The van der Waals surface area contributed by atoms with E-state index in [2.05, 4.69) is 6.92 Å². The van der Waals surface area contributed by atoms with Crippen molar-refractivity contribution in [2.24, 2.45) is 5.92 Å². The lowest BCUT2D eigenvalue weighted by Gasteiger charge is -2.23. The van der Waals surface area contributed by atoms with Crippen LogP contribution in [0, 0.1) is 5.92 Å². The summed E-state index contributed by atoms with van der Waals surface area (Å²) in [6, 6.07) is 5.96. The number of rotatable bonds is 7. The number of carbonyl (C=O) groups excluding carboxylic acids is 1. The van der Waals surface area contributed by atoms with Crippen LogP contribution >= 0.6 is 0 Å². The van der Waals surface area contributed by atoms with Crippen molar-refractivity contribution in [1.82, 2.24) is 4.90 Å². The molecule has 1 amide bonds. The van der Waals surface area contributed by atoms with Crippen LogP contribution in [0.5, 0.6) is 11.5 Å². The molecule has 1 aromatic carbocycles. The maximum absolute atomic E-state index is 12.2. The third kappa shape index (κ3) is 4.03. The van der Waals surface area contributed by atoms with Crippen molar-refractivity contribution in [2.45, 2.75) is 32.7 Å². The molecular weight excluding hydrogens is 278 g/mol. The highest BCUT2D eigenvalue weighted by Crippen LogP contribution is 2.34. The Morgan fingerprint density at radius 1 is 1.41 bits per heavy atom. The largest absolute Gasteiger partial charge is 0.493 e. The van der Waals surface area contributed by atoms with E-state index in [4.69, 9.17) is 9.47 Å². The predicted molar refractivity (Wildman–Crippen MR) is 88.2 cm³/mol. The monoisotopic (exact) mass is 303 g/mol. The Balaban J connectivity index is 2.05. The van der Waals surface area contributed by atoms with Gasteiger partial charge in [0.25, 0.3) is 0 Å². The number of carbonyl (C=O) groups is 1. The molecule has 0 bridgehead atoms. The Morgan fingerprint density at radius 2 is 2.14 bits per heavy atom. The summed E-state index contributed by atoms with van der Waals surface area (Å²) in [6.07, 6.45) is 5.91. The first kappa shape index (κ1) is 16.4. The van der Waals surface area contributed by atoms with Crippen LogP contribution in [0.15, 0.2) is 24.3 Å². The molecule has 22 heavy (non-hydrogen) atoms. The molecule has 1 aliphatic carbocycles. The van der Waals surface area contributed by atoms with Gasteiger partial charge in [-0.25, -0.2) is 0 Å². The third-order valence-corrected chi connectivity index (χ3v) is 4.17. The standard InChI is InChI=1S/C18H25NO3/c1-5-22-17-12-14(6-10-16(17)21-4)7-11-18(20)19(3)13(2)15-8-9-15/h6-7,10-13,15H,5,8-9H2,1-4H3/b11-7+. The highest BCUT2D eigenvalue weighted by Gasteiger charge is 2.31. The Hall–Kier alpha value is -1.97. The number of hydrogen-bond donors (Lipinski definition) is 0. The lowest BCUT2D eigenvalue weighted by atomic mass is 10.1. The number of hydrogen-bond acceptors (Lipinski definition) is 3. The van der Waals surface area contributed by atoms with Gasteiger partial charge in [0, 0.05) is 19.2 Å². The molecule has 4 heteroatoms. The zero-order valence-corrected chi connectivity index (χ0v) is 13.8. The summed E-state index contributed by atoms with van der Waals surface area (Å²) in [5.74, 6) is 2.10. The minimum absolute atomic E-state index is 0.0353. The van der Waals surface area contributed by atoms with Crippen LogP contribution in [0.3, 0.4) is 0 Å². The number of nitrogens with zero attached hydrogens (tertiary/aromatic N) is 1. The molecule has 0 radical (unpaired) electrons. The smallest absolute Gasteiger partial charge is 0.246 e. The number of benzene rings is 1. The van der Waals surface area contributed by atoms with Crippen LogP contribution in [0.4, 0.5) is 0 Å². The predicted octanol–water partition coefficient (Wildman–Crippen LogP) is 3.36. The highest BCUT2D eigenvalue weighted by atomic mass is 16.5. The summed E-state index contributed by atoms with van der Waals surface area (Å²) in [6.45, 7) is 4.62. The quantitative estimate of drug-likeness (QED) is 0.725. The summed E-state index contributed by atoms with van der Waals surface area (Å²) >= 11 is 0. The topological polar surface area (TPSA) is 38.8 Å². The van der Waals surface area contributed by atoms with Crippen molar-refractivity contribution < 1.29 is 14.3 Å². The second-order valence-corrected chi connectivity index (χ2v) is 5.70. The van der Waals surface area contributed by atoms with Gasteiger partial charge in [-0.2, -0.15) is 0 Å². The van der Waals surface area contributed by atoms with Crippen LogP contribution in [-0.4, -0.2) is 37.6 Å². The van der Waals surface area contributed by atoms with E-state index in [0.717, 1.165) is 5.56 Å². The first-order valence-electron chi connectivity index (χ1n) is 7.82. The van der Waals surface area contributed by atoms with Crippen molar-refractivity contribution in [3.8, 4) is 11.5 Å². The van der Waals surface area contributed by atoms with Gasteiger partial charge in [0.15, 0.2) is 11.5 Å². The fraction of sp³-hybridized carbons (Fsp3) is 0.500. The van der Waals surface area contributed by atoms with Crippen LogP contribution in [0.25, 0.3) is 6.08 Å². The van der Waals surface area contributed by atoms with Crippen molar-refractivity contribution in [3.05, 3.63) is 29.8 Å². The molecule has 4 nitrogen and oxygen atoms in total. The molecule has 1 atom stereocenters. The van der Waals surface area contributed by atoms with Crippen LogP contribution < -0.4 is 9.47 Å². The van der Waals surface area contributed by atoms with E-state index >= 15 is 0 Å². The Morgan fingerprint density at radius 3 is 2.73 bits per heavy atom. The fourth-order valence-electron chi connectivity index (χ4n) is 2.45. The van der Waals surface area contributed by atoms with Gasteiger partial charge >= 0.3 is 0 Å². The van der Waals surface area contributed by atoms with Crippen LogP contribution in [-0.2, 0) is 4.79 Å². The Bertz CT molecular complexity index is 549. The molecule has 0 saturated heterocycles. The Labute approximate surface area is 132 Å². The Kier molecular flexibility index (Phi) is 5.47. The molecule has 0 aromatic heterocycles. The van der Waals surface area contributed by atoms with Crippen molar-refractivity contribution >= 4 is 12.0 Å². The highest BCUT2D eigenvalue weighted by molar-refractivity contribution is 5.91. The lowest BCUT2D eigenvalue weighted by molar-refractivity contribution is -0.126. The second kappa shape index (κ2) is 7.34. The van der Waals surface area contributed by atoms with Gasteiger partial charge in [-0.3, -0.25) is 4.79 Å². The average molecular weight is 303 g/mol. The molecule has 1 aliphatic rings. The normalized spacial score (nSPS) is 15.6. The summed E-state index contributed by atoms with van der Waals surface area (Å²) < 4.78 is 10.8. The number of amides is 1. The molecule has 120 valence electrons. The summed E-state index contributed by atoms with van der Waals surface area (Å²) in [4.78, 5) is 14.0. The van der Waals surface area contributed by atoms with Crippen molar-refractivity contribution in [1.29, 1.82) is 0 Å². The minimum Gasteiger partial charge on any atom is -0.493 e. The molecule has 2 rings (SSSR count). The lowest BCUT2D eigenvalue weighted by Crippen LogP contribution is -2.35. The van der Waals surface area contributed by atoms with Gasteiger partial charge in [0.1, 0.15) is 0 Å². The van der Waals surface area contributed by atoms with Crippen molar-refractivity contribution in [3.63, 3.8) is 0 Å². The molecule has 0 N–H and O–H groups in total. The van der Waals surface area contributed by atoms with E-state index in [0.29, 0.717) is 30.1 Å². The van der Waals surface area contributed by atoms with Gasteiger partial charge in [-0.1, -0.05) is 6.07 Å². The first-order chi connectivity index (χ1) is 10.6. The fourth-order valence-corrected chi connectivity index (χ4v) is 2.45. The molecule has 1 unspecified atom stereocenters. The maximum Gasteiger partial charge on any atom is 0.246 e. The van der Waals surface area contributed by atoms with Crippen molar-refractivity contribution in [2.75, 3.05) is 20.8 Å². The van der Waals surface area contributed by atoms with Gasteiger partial charge < -0.3 is 14.4 Å². The average Bonchev–Trinajstić information content (AvgIpc) is 3.36. The van der Waals surface area contributed by atoms with Gasteiger partial charge in [-0.05, 0) is 56.4 Å². The number of methoxy groups -OCH3 is 1. The molecule has 1 aromatic rings. The molecule has 1 fully saturated rings. The summed E-state index contributed by atoms with van der Waals surface area (Å²) in [7, 11) is 3.49. The summed E-state index contributed by atoms with van der Waals surface area (Å²) in [5, 5.41) is 0. The number of ether oxygens (including phenoxy) is 2. The molecule has 1 saturated carbocycles. The number of likely N-dealkylation sites (N-methyl/N-ethyl adjacent to an activating group) is 1. The van der Waals surface area contributed by atoms with E-state index in [1.165, 1.54) is 12.8 Å². The van der Waals surface area contributed by atoms with Gasteiger partial charge in [0.2, 0.25) is 5.91 Å². The minimum atomic E-state index is 0.0353. The van der Waals surface area contributed by atoms with Crippen LogP contribution in [0.1, 0.15) is 32.3 Å². The molecule has 0 heterocycles. The molecular formula is C18H25NO3. The maximum atomic E-state index is 12.2. The zero-order chi connectivity index (χ0) is 16.1. The van der Waals surface area contributed by atoms with E-state index in [-0.39, 0.29) is 5.91 Å². The first-order valence-corrected chi connectivity index (χ1v) is 7.82. The molecule has 0 aliphatic heterocycles. The second-order valence-electron chi connectivity index (χ2n) is 5.70. The summed E-state index contributed by atoms with van der Waals surface area (Å²) in [5.41, 5.74) is 0.921.